The van der Waals surface area contributed by atoms with Gasteiger partial charge in [0.05, 0.1) is 0 Å². The minimum absolute atomic E-state index is 0.0956. The highest BCUT2D eigenvalue weighted by Gasteiger charge is 2.34. The van der Waals surface area contributed by atoms with Crippen LogP contribution in [0.3, 0.4) is 0 Å². The Morgan fingerprint density at radius 3 is 1.73 bits per heavy atom. The van der Waals surface area contributed by atoms with E-state index >= 15 is 0 Å². The summed E-state index contributed by atoms with van der Waals surface area (Å²) in [5.74, 6) is 1.06. The molecule has 1 aliphatic heterocycles. The zero-order chi connectivity index (χ0) is 12.0. The highest BCUT2D eigenvalue weighted by Crippen LogP contribution is 2.38. The molecule has 0 atom stereocenters. The van der Waals surface area contributed by atoms with E-state index in [1.807, 2.05) is 0 Å². The van der Waals surface area contributed by atoms with Gasteiger partial charge in [-0.25, -0.2) is 0 Å². The van der Waals surface area contributed by atoms with Crippen molar-refractivity contribution in [2.75, 3.05) is 7.05 Å². The van der Waals surface area contributed by atoms with Crippen molar-refractivity contribution in [1.82, 2.24) is 9.80 Å². The molecule has 1 aliphatic rings. The minimum atomic E-state index is 0.0956. The Morgan fingerprint density at radius 2 is 1.53 bits per heavy atom. The molecule has 0 spiro atoms. The summed E-state index contributed by atoms with van der Waals surface area (Å²) >= 11 is 0. The SMILES string of the molecule is C=C1N(C)C(C(C)(C)C)=CN1C(C)(C)C. The van der Waals surface area contributed by atoms with Crippen molar-refractivity contribution < 1.29 is 0 Å². The van der Waals surface area contributed by atoms with Crippen molar-refractivity contribution in [1.29, 1.82) is 0 Å². The Bertz CT molecular complexity index is 299. The molecular weight excluding hydrogens is 184 g/mol. The summed E-state index contributed by atoms with van der Waals surface area (Å²) in [6, 6.07) is 0. The molecule has 0 bridgehead atoms. The van der Waals surface area contributed by atoms with Crippen molar-refractivity contribution in [3.8, 4) is 0 Å². The van der Waals surface area contributed by atoms with Crippen molar-refractivity contribution in [2.24, 2.45) is 5.41 Å². The van der Waals surface area contributed by atoms with Gasteiger partial charge in [0, 0.05) is 29.9 Å². The van der Waals surface area contributed by atoms with E-state index in [9.17, 15) is 0 Å². The molecule has 15 heavy (non-hydrogen) atoms. The summed E-state index contributed by atoms with van der Waals surface area (Å²) in [6.45, 7) is 17.4. The van der Waals surface area contributed by atoms with Crippen LogP contribution in [0, 0.1) is 5.41 Å². The average Bonchev–Trinajstić information content (AvgIpc) is 2.26. The standard InChI is InChI=1S/C13H24N2/c1-10-14(8)11(12(2,3)4)9-15(10)13(5,6)7/h9H,1H2,2-8H3. The Morgan fingerprint density at radius 1 is 1.07 bits per heavy atom. The quantitative estimate of drug-likeness (QED) is 0.602. The van der Waals surface area contributed by atoms with Gasteiger partial charge in [0.25, 0.3) is 0 Å². The van der Waals surface area contributed by atoms with Crippen molar-refractivity contribution in [2.45, 2.75) is 47.1 Å². The molecule has 2 nitrogen and oxygen atoms in total. The van der Waals surface area contributed by atoms with Crippen LogP contribution in [0.15, 0.2) is 24.3 Å². The van der Waals surface area contributed by atoms with Gasteiger partial charge in [0.1, 0.15) is 5.82 Å². The number of rotatable bonds is 0. The van der Waals surface area contributed by atoms with E-state index in [0.717, 1.165) is 5.82 Å². The second kappa shape index (κ2) is 3.29. The fourth-order valence-electron chi connectivity index (χ4n) is 1.86. The molecule has 0 amide bonds. The van der Waals surface area contributed by atoms with Crippen LogP contribution in [0.1, 0.15) is 41.5 Å². The molecule has 1 heterocycles. The normalized spacial score (nSPS) is 18.6. The molecule has 0 aromatic heterocycles. The predicted octanol–water partition coefficient (Wildman–Crippen LogP) is 3.39. The van der Waals surface area contributed by atoms with E-state index in [1.165, 1.54) is 5.70 Å². The lowest BCUT2D eigenvalue weighted by Crippen LogP contribution is -2.36. The Balaban J connectivity index is 3.08. The third kappa shape index (κ3) is 2.19. The number of hydrogen-bond donors (Lipinski definition) is 0. The summed E-state index contributed by atoms with van der Waals surface area (Å²) in [5, 5.41) is 0. The van der Waals surface area contributed by atoms with Crippen LogP contribution >= 0.6 is 0 Å². The van der Waals surface area contributed by atoms with E-state index in [0.29, 0.717) is 0 Å². The monoisotopic (exact) mass is 208 g/mol. The highest BCUT2D eigenvalue weighted by atomic mass is 15.4. The maximum absolute atomic E-state index is 4.15. The lowest BCUT2D eigenvalue weighted by molar-refractivity contribution is 0.232. The molecule has 0 aromatic carbocycles. The second-order valence-corrected chi connectivity index (χ2v) is 6.28. The molecule has 86 valence electrons. The van der Waals surface area contributed by atoms with Crippen LogP contribution in [-0.2, 0) is 0 Å². The van der Waals surface area contributed by atoms with E-state index in [2.05, 4.69) is 71.2 Å². The second-order valence-electron chi connectivity index (χ2n) is 6.28. The molecule has 0 fully saturated rings. The van der Waals surface area contributed by atoms with Gasteiger partial charge in [-0.3, -0.25) is 0 Å². The van der Waals surface area contributed by atoms with Crippen LogP contribution in [0.25, 0.3) is 0 Å². The van der Waals surface area contributed by atoms with E-state index in [1.54, 1.807) is 0 Å². The maximum atomic E-state index is 4.15. The molecule has 2 heteroatoms. The van der Waals surface area contributed by atoms with Crippen LogP contribution in [0.5, 0.6) is 0 Å². The maximum Gasteiger partial charge on any atom is 0.105 e. The van der Waals surface area contributed by atoms with Gasteiger partial charge >= 0.3 is 0 Å². The van der Waals surface area contributed by atoms with Crippen LogP contribution in [0.4, 0.5) is 0 Å². The zero-order valence-corrected chi connectivity index (χ0v) is 11.2. The topological polar surface area (TPSA) is 6.48 Å². The Kier molecular flexibility index (Phi) is 2.67. The zero-order valence-electron chi connectivity index (χ0n) is 11.2. The Hall–Kier alpha value is -0.920. The first-order valence-corrected chi connectivity index (χ1v) is 5.49. The van der Waals surface area contributed by atoms with Gasteiger partial charge in [0.15, 0.2) is 0 Å². The van der Waals surface area contributed by atoms with Gasteiger partial charge in [-0.15, -0.1) is 0 Å². The fourth-order valence-corrected chi connectivity index (χ4v) is 1.86. The summed E-state index contributed by atoms with van der Waals surface area (Å²) in [6.07, 6.45) is 2.22. The number of hydrogen-bond acceptors (Lipinski definition) is 2. The third-order valence-corrected chi connectivity index (χ3v) is 2.77. The minimum Gasteiger partial charge on any atom is -0.333 e. The average molecular weight is 208 g/mol. The van der Waals surface area contributed by atoms with Crippen LogP contribution < -0.4 is 0 Å². The summed E-state index contributed by atoms with van der Waals surface area (Å²) in [7, 11) is 2.09. The largest absolute Gasteiger partial charge is 0.333 e. The fraction of sp³-hybridized carbons (Fsp3) is 0.692. The van der Waals surface area contributed by atoms with Gasteiger partial charge < -0.3 is 9.80 Å². The van der Waals surface area contributed by atoms with Crippen molar-refractivity contribution in [3.63, 3.8) is 0 Å². The first-order chi connectivity index (χ1) is 6.55. The van der Waals surface area contributed by atoms with E-state index in [-0.39, 0.29) is 11.0 Å². The molecule has 0 radical (unpaired) electrons. The predicted molar refractivity (Wildman–Crippen MR) is 66.0 cm³/mol. The van der Waals surface area contributed by atoms with Crippen molar-refractivity contribution >= 4 is 0 Å². The molecule has 0 saturated carbocycles. The first-order valence-electron chi connectivity index (χ1n) is 5.49. The summed E-state index contributed by atoms with van der Waals surface area (Å²) in [4.78, 5) is 4.43. The van der Waals surface area contributed by atoms with Gasteiger partial charge in [0.2, 0.25) is 0 Å². The molecule has 0 N–H and O–H groups in total. The lowest BCUT2D eigenvalue weighted by atomic mass is 9.92. The third-order valence-electron chi connectivity index (χ3n) is 2.77. The number of allylic oxidation sites excluding steroid dienone is 1. The molecule has 0 aromatic rings. The van der Waals surface area contributed by atoms with E-state index in [4.69, 9.17) is 0 Å². The van der Waals surface area contributed by atoms with Gasteiger partial charge in [-0.05, 0) is 20.8 Å². The first kappa shape index (κ1) is 12.2. The highest BCUT2D eigenvalue weighted by molar-refractivity contribution is 5.25. The Labute approximate surface area is 94.3 Å². The smallest absolute Gasteiger partial charge is 0.105 e. The molecule has 0 saturated heterocycles. The van der Waals surface area contributed by atoms with Gasteiger partial charge in [-0.1, -0.05) is 27.4 Å². The number of nitrogens with zero attached hydrogens (tertiary/aromatic N) is 2. The summed E-state index contributed by atoms with van der Waals surface area (Å²) < 4.78 is 0. The lowest BCUT2D eigenvalue weighted by Gasteiger charge is -2.34. The van der Waals surface area contributed by atoms with Crippen molar-refractivity contribution in [3.05, 3.63) is 24.3 Å². The molecule has 0 unspecified atom stereocenters. The molecule has 1 rings (SSSR count). The van der Waals surface area contributed by atoms with Crippen LogP contribution in [-0.4, -0.2) is 22.4 Å². The molecule has 0 aliphatic carbocycles. The summed E-state index contributed by atoms with van der Waals surface area (Å²) in [5.41, 5.74) is 1.58. The molecular formula is C13H24N2. The van der Waals surface area contributed by atoms with Crippen LogP contribution in [0.2, 0.25) is 0 Å². The van der Waals surface area contributed by atoms with E-state index < -0.39 is 0 Å². The van der Waals surface area contributed by atoms with Gasteiger partial charge in [-0.2, -0.15) is 0 Å².